The van der Waals surface area contributed by atoms with Crippen LogP contribution >= 0.6 is 0 Å². The van der Waals surface area contributed by atoms with Gasteiger partial charge >= 0.3 is 0 Å². The molecule has 1 heterocycles. The summed E-state index contributed by atoms with van der Waals surface area (Å²) in [7, 11) is 1.46. The van der Waals surface area contributed by atoms with Crippen LogP contribution in [0, 0.1) is 11.7 Å². The number of hydrogen-bond acceptors (Lipinski definition) is 2. The SMILES string of the molecule is C=CC1CC(=O)N(c2ccc(F)cc2OC)C1. The number of ether oxygens (including phenoxy) is 1. The molecule has 2 rings (SSSR count). The third kappa shape index (κ3) is 2.16. The predicted molar refractivity (Wildman–Crippen MR) is 63.6 cm³/mol. The zero-order chi connectivity index (χ0) is 12.4. The molecule has 17 heavy (non-hydrogen) atoms. The summed E-state index contributed by atoms with van der Waals surface area (Å²) < 4.78 is 18.2. The van der Waals surface area contributed by atoms with Crippen LogP contribution in [0.15, 0.2) is 30.9 Å². The van der Waals surface area contributed by atoms with Crippen molar-refractivity contribution in [3.63, 3.8) is 0 Å². The van der Waals surface area contributed by atoms with E-state index in [1.807, 2.05) is 0 Å². The molecule has 0 saturated carbocycles. The van der Waals surface area contributed by atoms with E-state index in [2.05, 4.69) is 6.58 Å². The van der Waals surface area contributed by atoms with E-state index in [4.69, 9.17) is 4.74 Å². The second kappa shape index (κ2) is 4.57. The van der Waals surface area contributed by atoms with Crippen molar-refractivity contribution in [1.82, 2.24) is 0 Å². The monoisotopic (exact) mass is 235 g/mol. The zero-order valence-electron chi connectivity index (χ0n) is 9.65. The second-order valence-corrected chi connectivity index (χ2v) is 4.02. The topological polar surface area (TPSA) is 29.5 Å². The van der Waals surface area contributed by atoms with Crippen molar-refractivity contribution in [2.45, 2.75) is 6.42 Å². The van der Waals surface area contributed by atoms with Gasteiger partial charge in [-0.05, 0) is 12.1 Å². The molecule has 0 N–H and O–H groups in total. The Labute approximate surface area is 99.5 Å². The molecule has 3 nitrogen and oxygen atoms in total. The molecular formula is C13H14FNO2. The van der Waals surface area contributed by atoms with Gasteiger partial charge in [0.2, 0.25) is 5.91 Å². The first-order valence-corrected chi connectivity index (χ1v) is 5.42. The Balaban J connectivity index is 2.34. The quantitative estimate of drug-likeness (QED) is 0.753. The van der Waals surface area contributed by atoms with E-state index in [9.17, 15) is 9.18 Å². The van der Waals surface area contributed by atoms with Crippen LogP contribution < -0.4 is 9.64 Å². The minimum atomic E-state index is -0.377. The maximum Gasteiger partial charge on any atom is 0.227 e. The minimum Gasteiger partial charge on any atom is -0.494 e. The number of halogens is 1. The molecular weight excluding hydrogens is 221 g/mol. The van der Waals surface area contributed by atoms with Gasteiger partial charge in [-0.1, -0.05) is 6.08 Å². The first-order valence-electron chi connectivity index (χ1n) is 5.42. The highest BCUT2D eigenvalue weighted by atomic mass is 19.1. The summed E-state index contributed by atoms with van der Waals surface area (Å²) in [5.41, 5.74) is 0.614. The van der Waals surface area contributed by atoms with Gasteiger partial charge in [-0.15, -0.1) is 6.58 Å². The maximum absolute atomic E-state index is 13.1. The number of carbonyl (C=O) groups excluding carboxylic acids is 1. The van der Waals surface area contributed by atoms with Crippen LogP contribution in [0.3, 0.4) is 0 Å². The van der Waals surface area contributed by atoms with Crippen molar-refractivity contribution in [1.29, 1.82) is 0 Å². The summed E-state index contributed by atoms with van der Waals surface area (Å²) in [6, 6.07) is 4.17. The number of rotatable bonds is 3. The fourth-order valence-corrected chi connectivity index (χ4v) is 2.00. The van der Waals surface area contributed by atoms with Crippen molar-refractivity contribution in [3.05, 3.63) is 36.7 Å². The van der Waals surface area contributed by atoms with Gasteiger partial charge in [0.15, 0.2) is 0 Å². The maximum atomic E-state index is 13.1. The van der Waals surface area contributed by atoms with Crippen molar-refractivity contribution in [3.8, 4) is 5.75 Å². The van der Waals surface area contributed by atoms with E-state index in [0.717, 1.165) is 0 Å². The normalized spacial score (nSPS) is 19.5. The first kappa shape index (κ1) is 11.6. The lowest BCUT2D eigenvalue weighted by Gasteiger charge is -2.19. The number of hydrogen-bond donors (Lipinski definition) is 0. The zero-order valence-corrected chi connectivity index (χ0v) is 9.65. The van der Waals surface area contributed by atoms with Gasteiger partial charge in [0.25, 0.3) is 0 Å². The van der Waals surface area contributed by atoms with Crippen LogP contribution in [0.1, 0.15) is 6.42 Å². The Hall–Kier alpha value is -1.84. The summed E-state index contributed by atoms with van der Waals surface area (Å²) in [5.74, 6) is 0.164. The molecule has 0 spiro atoms. The van der Waals surface area contributed by atoms with Crippen LogP contribution in [0.5, 0.6) is 5.75 Å². The summed E-state index contributed by atoms with van der Waals surface area (Å²) >= 11 is 0. The van der Waals surface area contributed by atoms with E-state index in [1.54, 1.807) is 17.0 Å². The summed E-state index contributed by atoms with van der Waals surface area (Å²) in [6.45, 7) is 4.27. The fourth-order valence-electron chi connectivity index (χ4n) is 2.00. The van der Waals surface area contributed by atoms with Gasteiger partial charge < -0.3 is 9.64 Å². The average Bonchev–Trinajstić information content (AvgIpc) is 2.70. The molecule has 1 fully saturated rings. The van der Waals surface area contributed by atoms with Crippen LogP contribution in [0.2, 0.25) is 0 Å². The molecule has 1 amide bonds. The number of methoxy groups -OCH3 is 1. The molecule has 4 heteroatoms. The number of benzene rings is 1. The smallest absolute Gasteiger partial charge is 0.227 e. The average molecular weight is 235 g/mol. The van der Waals surface area contributed by atoms with E-state index in [1.165, 1.54) is 19.2 Å². The Kier molecular flexibility index (Phi) is 3.13. The van der Waals surface area contributed by atoms with Crippen LogP contribution in [0.4, 0.5) is 10.1 Å². The molecule has 90 valence electrons. The van der Waals surface area contributed by atoms with E-state index >= 15 is 0 Å². The minimum absolute atomic E-state index is 0.0137. The Morgan fingerprint density at radius 1 is 1.59 bits per heavy atom. The van der Waals surface area contributed by atoms with Gasteiger partial charge in [0, 0.05) is 24.9 Å². The number of anilines is 1. The predicted octanol–water partition coefficient (Wildman–Crippen LogP) is 2.37. The third-order valence-corrected chi connectivity index (χ3v) is 2.92. The second-order valence-electron chi connectivity index (χ2n) is 4.02. The molecule has 1 aromatic carbocycles. The van der Waals surface area contributed by atoms with Gasteiger partial charge in [-0.2, -0.15) is 0 Å². The van der Waals surface area contributed by atoms with Gasteiger partial charge in [0.1, 0.15) is 11.6 Å². The summed E-state index contributed by atoms with van der Waals surface area (Å²) in [5, 5.41) is 0. The van der Waals surface area contributed by atoms with Crippen molar-refractivity contribution in [2.24, 2.45) is 5.92 Å². The highest BCUT2D eigenvalue weighted by molar-refractivity contribution is 5.97. The van der Waals surface area contributed by atoms with Gasteiger partial charge in [-0.25, -0.2) is 4.39 Å². The lowest BCUT2D eigenvalue weighted by atomic mass is 10.1. The highest BCUT2D eigenvalue weighted by Crippen LogP contribution is 2.33. The van der Waals surface area contributed by atoms with Crippen LogP contribution in [-0.2, 0) is 4.79 Å². The summed E-state index contributed by atoms with van der Waals surface area (Å²) in [4.78, 5) is 13.4. The molecule has 1 atom stereocenters. The molecule has 0 aliphatic carbocycles. The first-order chi connectivity index (χ1) is 8.15. The standard InChI is InChI=1S/C13H14FNO2/c1-3-9-6-13(16)15(8-9)11-5-4-10(14)7-12(11)17-2/h3-5,7,9H,1,6,8H2,2H3. The van der Waals surface area contributed by atoms with E-state index < -0.39 is 0 Å². The Morgan fingerprint density at radius 3 is 2.94 bits per heavy atom. The number of nitrogens with zero attached hydrogens (tertiary/aromatic N) is 1. The molecule has 1 aliphatic rings. The van der Waals surface area contributed by atoms with Crippen LogP contribution in [-0.4, -0.2) is 19.6 Å². The molecule has 0 bridgehead atoms. The largest absolute Gasteiger partial charge is 0.494 e. The molecule has 1 aliphatic heterocycles. The highest BCUT2D eigenvalue weighted by Gasteiger charge is 2.30. The van der Waals surface area contributed by atoms with Crippen molar-refractivity contribution in [2.75, 3.05) is 18.6 Å². The van der Waals surface area contributed by atoms with Crippen molar-refractivity contribution >= 4 is 11.6 Å². The third-order valence-electron chi connectivity index (χ3n) is 2.92. The van der Waals surface area contributed by atoms with Crippen molar-refractivity contribution < 1.29 is 13.9 Å². The molecule has 1 aromatic rings. The number of carbonyl (C=O) groups is 1. The lowest BCUT2D eigenvalue weighted by Crippen LogP contribution is -2.24. The molecule has 0 aromatic heterocycles. The molecule has 1 unspecified atom stereocenters. The fraction of sp³-hybridized carbons (Fsp3) is 0.308. The summed E-state index contributed by atoms with van der Waals surface area (Å²) in [6.07, 6.45) is 2.22. The van der Waals surface area contributed by atoms with E-state index in [0.29, 0.717) is 24.4 Å². The molecule has 0 radical (unpaired) electrons. The lowest BCUT2D eigenvalue weighted by molar-refractivity contribution is -0.117. The molecule has 1 saturated heterocycles. The van der Waals surface area contributed by atoms with E-state index in [-0.39, 0.29) is 17.6 Å². The Bertz CT molecular complexity index is 459. The number of amides is 1. The Morgan fingerprint density at radius 2 is 2.35 bits per heavy atom. The van der Waals surface area contributed by atoms with Gasteiger partial charge in [-0.3, -0.25) is 4.79 Å². The van der Waals surface area contributed by atoms with Crippen LogP contribution in [0.25, 0.3) is 0 Å². The van der Waals surface area contributed by atoms with Gasteiger partial charge in [0.05, 0.1) is 12.8 Å².